The third-order valence-electron chi connectivity index (χ3n) is 2.08. The second kappa shape index (κ2) is 6.42. The molecule has 0 saturated carbocycles. The number of nitrogens with zero attached hydrogens (tertiary/aromatic N) is 3. The van der Waals surface area contributed by atoms with Crippen LogP contribution in [0.25, 0.3) is 10.4 Å². The summed E-state index contributed by atoms with van der Waals surface area (Å²) in [7, 11) is -1.52. The van der Waals surface area contributed by atoms with Crippen LogP contribution in [0.5, 0.6) is 0 Å². The van der Waals surface area contributed by atoms with Crippen molar-refractivity contribution in [2.75, 3.05) is 12.3 Å². The fourth-order valence-electron chi connectivity index (χ4n) is 1.24. The molecule has 0 aliphatic rings. The lowest BCUT2D eigenvalue weighted by atomic mass is 10.2. The molecule has 0 N–H and O–H groups in total. The highest BCUT2D eigenvalue weighted by Crippen LogP contribution is 2.30. The molecule has 0 spiro atoms. The van der Waals surface area contributed by atoms with E-state index < -0.39 is 22.5 Å². The van der Waals surface area contributed by atoms with Crippen LogP contribution in [-0.4, -0.2) is 16.5 Å². The number of benzene rings is 1. The third kappa shape index (κ3) is 4.38. The monoisotopic (exact) mass is 277 g/mol. The molecule has 98 valence electrons. The van der Waals surface area contributed by atoms with Gasteiger partial charge in [-0.25, -0.2) is 0 Å². The second-order valence-corrected chi connectivity index (χ2v) is 4.95. The molecule has 1 aromatic carbocycles. The van der Waals surface area contributed by atoms with Gasteiger partial charge in [-0.15, -0.1) is 0 Å². The van der Waals surface area contributed by atoms with Crippen molar-refractivity contribution in [2.24, 2.45) is 5.11 Å². The van der Waals surface area contributed by atoms with Crippen molar-refractivity contribution in [3.8, 4) is 0 Å². The summed E-state index contributed by atoms with van der Waals surface area (Å²) in [6.45, 7) is 0.182. The fraction of sp³-hybridized carbons (Fsp3) is 0.400. The van der Waals surface area contributed by atoms with Gasteiger partial charge in [-0.3, -0.25) is 4.21 Å². The first-order valence-electron chi connectivity index (χ1n) is 5.01. The van der Waals surface area contributed by atoms with Crippen LogP contribution in [-0.2, 0) is 17.0 Å². The molecular weight excluding hydrogens is 267 g/mol. The van der Waals surface area contributed by atoms with Gasteiger partial charge in [0.15, 0.2) is 0 Å². The van der Waals surface area contributed by atoms with E-state index in [0.717, 1.165) is 12.1 Å². The number of azide groups is 1. The maximum atomic E-state index is 12.4. The summed E-state index contributed by atoms with van der Waals surface area (Å²) in [4.78, 5) is 2.66. The van der Waals surface area contributed by atoms with Gasteiger partial charge in [-0.1, -0.05) is 11.2 Å². The Balaban J connectivity index is 2.71. The van der Waals surface area contributed by atoms with Crippen molar-refractivity contribution < 1.29 is 17.4 Å². The van der Waals surface area contributed by atoms with E-state index >= 15 is 0 Å². The summed E-state index contributed by atoms with van der Waals surface area (Å²) >= 11 is 0. The summed E-state index contributed by atoms with van der Waals surface area (Å²) < 4.78 is 49.0. The number of halogens is 3. The van der Waals surface area contributed by atoms with Crippen LogP contribution in [0.3, 0.4) is 0 Å². The van der Waals surface area contributed by atoms with Gasteiger partial charge in [0.1, 0.15) is 0 Å². The molecule has 4 nitrogen and oxygen atoms in total. The lowest BCUT2D eigenvalue weighted by Crippen LogP contribution is -2.07. The summed E-state index contributed by atoms with van der Waals surface area (Å²) in [6.07, 6.45) is -4.07. The molecule has 1 unspecified atom stereocenters. The largest absolute Gasteiger partial charge is 0.416 e. The summed E-state index contributed by atoms with van der Waals surface area (Å²) in [5.41, 5.74) is 7.22. The molecule has 1 aromatic rings. The highest BCUT2D eigenvalue weighted by molar-refractivity contribution is 7.85. The summed E-state index contributed by atoms with van der Waals surface area (Å²) in [5.74, 6) is 0.167. The lowest BCUT2D eigenvalue weighted by Gasteiger charge is -2.08. The third-order valence-corrected chi connectivity index (χ3v) is 3.51. The van der Waals surface area contributed by atoms with Crippen molar-refractivity contribution in [3.05, 3.63) is 40.3 Å². The topological polar surface area (TPSA) is 65.8 Å². The van der Waals surface area contributed by atoms with E-state index in [1.54, 1.807) is 0 Å². The van der Waals surface area contributed by atoms with Gasteiger partial charge < -0.3 is 0 Å². The van der Waals surface area contributed by atoms with Crippen LogP contribution in [0.4, 0.5) is 13.2 Å². The average molecular weight is 277 g/mol. The Labute approximate surface area is 104 Å². The Kier molecular flexibility index (Phi) is 5.18. The Morgan fingerprint density at radius 2 is 2.11 bits per heavy atom. The lowest BCUT2D eigenvalue weighted by molar-refractivity contribution is -0.137. The van der Waals surface area contributed by atoms with Gasteiger partial charge in [0.2, 0.25) is 0 Å². The number of alkyl halides is 3. The van der Waals surface area contributed by atoms with Crippen LogP contribution in [0, 0.1) is 0 Å². The minimum absolute atomic E-state index is 0.130. The smallest absolute Gasteiger partial charge is 0.254 e. The SMILES string of the molecule is [N-]=[N+]=NCCCS(=O)c1cccc(C(F)(F)F)c1. The van der Waals surface area contributed by atoms with Gasteiger partial charge >= 0.3 is 6.18 Å². The predicted molar refractivity (Wildman–Crippen MR) is 61.3 cm³/mol. The van der Waals surface area contributed by atoms with Crippen LogP contribution >= 0.6 is 0 Å². The van der Waals surface area contributed by atoms with Gasteiger partial charge in [-0.05, 0) is 30.2 Å². The molecule has 0 aliphatic heterocycles. The molecule has 0 fully saturated rings. The van der Waals surface area contributed by atoms with Gasteiger partial charge in [0, 0.05) is 22.1 Å². The Bertz CT molecular complexity index is 484. The minimum atomic E-state index is -4.44. The molecule has 8 heteroatoms. The standard InChI is InChI=1S/C10H10F3N3OS/c11-10(12,13)8-3-1-4-9(7-8)18(17)6-2-5-15-16-14/h1,3-4,7H,2,5-6H2. The Morgan fingerprint density at radius 1 is 1.39 bits per heavy atom. The van der Waals surface area contributed by atoms with Crippen molar-refractivity contribution in [2.45, 2.75) is 17.5 Å². The molecule has 1 rings (SSSR count). The molecule has 0 saturated heterocycles. The zero-order valence-corrected chi connectivity index (χ0v) is 10.0. The van der Waals surface area contributed by atoms with E-state index in [1.165, 1.54) is 12.1 Å². The van der Waals surface area contributed by atoms with Crippen LogP contribution in [0.15, 0.2) is 34.3 Å². The van der Waals surface area contributed by atoms with Gasteiger partial charge in [0.05, 0.1) is 16.4 Å². The highest BCUT2D eigenvalue weighted by Gasteiger charge is 2.30. The van der Waals surface area contributed by atoms with Crippen molar-refractivity contribution in [3.63, 3.8) is 0 Å². The fourth-order valence-corrected chi connectivity index (χ4v) is 2.36. The van der Waals surface area contributed by atoms with Crippen LogP contribution < -0.4 is 0 Å². The van der Waals surface area contributed by atoms with E-state index in [1.807, 2.05) is 0 Å². The second-order valence-electron chi connectivity index (χ2n) is 3.38. The first-order chi connectivity index (χ1) is 8.45. The maximum absolute atomic E-state index is 12.4. The molecule has 0 heterocycles. The molecular formula is C10H10F3N3OS. The Morgan fingerprint density at radius 3 is 2.72 bits per heavy atom. The molecule has 0 bridgehead atoms. The first kappa shape index (κ1) is 14.5. The van der Waals surface area contributed by atoms with E-state index in [2.05, 4.69) is 10.0 Å². The number of rotatable bonds is 5. The normalized spacial score (nSPS) is 12.8. The van der Waals surface area contributed by atoms with Crippen LogP contribution in [0.1, 0.15) is 12.0 Å². The molecule has 0 amide bonds. The first-order valence-corrected chi connectivity index (χ1v) is 6.33. The van der Waals surface area contributed by atoms with E-state index in [4.69, 9.17) is 5.53 Å². The van der Waals surface area contributed by atoms with E-state index in [-0.39, 0.29) is 17.2 Å². The minimum Gasteiger partial charge on any atom is -0.254 e. The molecule has 0 radical (unpaired) electrons. The maximum Gasteiger partial charge on any atom is 0.416 e. The average Bonchev–Trinajstić information content (AvgIpc) is 2.33. The van der Waals surface area contributed by atoms with Gasteiger partial charge in [-0.2, -0.15) is 13.2 Å². The molecule has 18 heavy (non-hydrogen) atoms. The summed E-state index contributed by atoms with van der Waals surface area (Å²) in [5, 5.41) is 3.26. The Hall–Kier alpha value is -1.53. The van der Waals surface area contributed by atoms with Crippen molar-refractivity contribution in [1.82, 2.24) is 0 Å². The van der Waals surface area contributed by atoms with Crippen molar-refractivity contribution in [1.29, 1.82) is 0 Å². The molecule has 0 aromatic heterocycles. The van der Waals surface area contributed by atoms with Gasteiger partial charge in [0.25, 0.3) is 0 Å². The zero-order chi connectivity index (χ0) is 13.6. The zero-order valence-electron chi connectivity index (χ0n) is 9.22. The van der Waals surface area contributed by atoms with E-state index in [0.29, 0.717) is 6.42 Å². The molecule has 0 aliphatic carbocycles. The number of hydrogen-bond donors (Lipinski definition) is 0. The predicted octanol–water partition coefficient (Wildman–Crippen LogP) is 3.51. The quantitative estimate of drug-likeness (QED) is 0.351. The summed E-state index contributed by atoms with van der Waals surface area (Å²) in [6, 6.07) is 4.42. The van der Waals surface area contributed by atoms with Crippen molar-refractivity contribution >= 4 is 10.8 Å². The van der Waals surface area contributed by atoms with E-state index in [9.17, 15) is 17.4 Å². The highest BCUT2D eigenvalue weighted by atomic mass is 32.2. The van der Waals surface area contributed by atoms with Crippen LogP contribution in [0.2, 0.25) is 0 Å². The number of hydrogen-bond acceptors (Lipinski definition) is 2. The molecule has 1 atom stereocenters.